The first-order valence-corrected chi connectivity index (χ1v) is 8.77. The lowest BCUT2D eigenvalue weighted by Gasteiger charge is -2.17. The summed E-state index contributed by atoms with van der Waals surface area (Å²) in [6.45, 7) is 2.52. The van der Waals surface area contributed by atoms with Gasteiger partial charge in [0.25, 0.3) is 0 Å². The molecule has 25 heavy (non-hydrogen) atoms. The number of anilines is 1. The van der Waals surface area contributed by atoms with Crippen LogP contribution in [0.3, 0.4) is 0 Å². The number of rotatable bonds is 5. The van der Waals surface area contributed by atoms with Gasteiger partial charge in [-0.1, -0.05) is 0 Å². The second kappa shape index (κ2) is 6.94. The van der Waals surface area contributed by atoms with Gasteiger partial charge in [0.2, 0.25) is 5.95 Å². The van der Waals surface area contributed by atoms with Gasteiger partial charge in [-0.25, -0.2) is 0 Å². The molecule has 1 saturated heterocycles. The topological polar surface area (TPSA) is 96.7 Å². The van der Waals surface area contributed by atoms with Gasteiger partial charge < -0.3 is 9.32 Å². The fourth-order valence-electron chi connectivity index (χ4n) is 2.73. The van der Waals surface area contributed by atoms with Crippen LogP contribution in [0.25, 0.3) is 0 Å². The molecule has 0 bridgehead atoms. The molecule has 8 nitrogen and oxygen atoms in total. The molecule has 0 aromatic carbocycles. The van der Waals surface area contributed by atoms with E-state index in [9.17, 15) is 0 Å². The van der Waals surface area contributed by atoms with Crippen molar-refractivity contribution in [2.24, 2.45) is 0 Å². The highest BCUT2D eigenvalue weighted by Gasteiger charge is 2.22. The van der Waals surface area contributed by atoms with Crippen LogP contribution in [0.15, 0.2) is 45.1 Å². The smallest absolute Gasteiger partial charge is 0.228 e. The average Bonchev–Trinajstić information content (AvgIpc) is 3.39. The predicted molar refractivity (Wildman–Crippen MR) is 90.1 cm³/mol. The van der Waals surface area contributed by atoms with Crippen LogP contribution in [0.1, 0.15) is 24.3 Å². The highest BCUT2D eigenvalue weighted by atomic mass is 32.2. The zero-order valence-electron chi connectivity index (χ0n) is 13.4. The molecule has 1 aliphatic heterocycles. The SMILES string of the molecule is N#Cc1ccc(Sc2nnc(N3CCCC3)n2Cc2ccco2)nn1. The van der Waals surface area contributed by atoms with Crippen LogP contribution >= 0.6 is 11.8 Å². The van der Waals surface area contributed by atoms with Crippen molar-refractivity contribution in [1.29, 1.82) is 5.26 Å². The first kappa shape index (κ1) is 15.7. The lowest BCUT2D eigenvalue weighted by atomic mass is 10.4. The molecule has 4 rings (SSSR count). The molecule has 0 aliphatic carbocycles. The number of hydrogen-bond donors (Lipinski definition) is 0. The molecule has 9 heteroatoms. The second-order valence-electron chi connectivity index (χ2n) is 5.61. The Labute approximate surface area is 148 Å². The summed E-state index contributed by atoms with van der Waals surface area (Å²) >= 11 is 1.37. The molecule has 0 atom stereocenters. The van der Waals surface area contributed by atoms with Crippen LogP contribution in [0.2, 0.25) is 0 Å². The molecule has 0 N–H and O–H groups in total. The summed E-state index contributed by atoms with van der Waals surface area (Å²) in [5.74, 6) is 1.69. The van der Waals surface area contributed by atoms with Crippen molar-refractivity contribution < 1.29 is 4.42 Å². The molecule has 1 aliphatic rings. The Bertz CT molecular complexity index is 876. The van der Waals surface area contributed by atoms with E-state index < -0.39 is 0 Å². The van der Waals surface area contributed by atoms with Crippen LogP contribution in [-0.4, -0.2) is 38.1 Å². The van der Waals surface area contributed by atoms with Crippen LogP contribution in [-0.2, 0) is 6.54 Å². The Morgan fingerprint density at radius 3 is 2.68 bits per heavy atom. The highest BCUT2D eigenvalue weighted by molar-refractivity contribution is 7.99. The number of aromatic nitrogens is 5. The Hall–Kier alpha value is -2.86. The number of nitriles is 1. The maximum atomic E-state index is 8.83. The minimum absolute atomic E-state index is 0.291. The van der Waals surface area contributed by atoms with Crippen molar-refractivity contribution in [2.45, 2.75) is 29.6 Å². The van der Waals surface area contributed by atoms with Crippen molar-refractivity contribution >= 4 is 17.7 Å². The van der Waals surface area contributed by atoms with Gasteiger partial charge in [0, 0.05) is 13.1 Å². The summed E-state index contributed by atoms with van der Waals surface area (Å²) in [4.78, 5) is 2.24. The van der Waals surface area contributed by atoms with E-state index in [2.05, 4.69) is 25.3 Å². The molecular formula is C16H15N7OS. The maximum absolute atomic E-state index is 8.83. The highest BCUT2D eigenvalue weighted by Crippen LogP contribution is 2.29. The van der Waals surface area contributed by atoms with Crippen molar-refractivity contribution in [3.8, 4) is 6.07 Å². The monoisotopic (exact) mass is 353 g/mol. The van der Waals surface area contributed by atoms with Gasteiger partial charge in [-0.3, -0.25) is 4.57 Å². The molecule has 126 valence electrons. The van der Waals surface area contributed by atoms with Crippen molar-refractivity contribution in [1.82, 2.24) is 25.0 Å². The Balaban J connectivity index is 1.64. The van der Waals surface area contributed by atoms with Crippen molar-refractivity contribution in [2.75, 3.05) is 18.0 Å². The van der Waals surface area contributed by atoms with E-state index in [1.54, 1.807) is 18.4 Å². The molecule has 0 spiro atoms. The first-order chi connectivity index (χ1) is 12.3. The summed E-state index contributed by atoms with van der Waals surface area (Å²) in [6.07, 6.45) is 3.99. The van der Waals surface area contributed by atoms with E-state index in [1.165, 1.54) is 11.8 Å². The molecule has 0 amide bonds. The van der Waals surface area contributed by atoms with Gasteiger partial charge in [0.1, 0.15) is 16.9 Å². The fraction of sp³-hybridized carbons (Fsp3) is 0.312. The molecule has 1 fully saturated rings. The van der Waals surface area contributed by atoms with E-state index in [0.717, 1.165) is 42.8 Å². The lowest BCUT2D eigenvalue weighted by Crippen LogP contribution is -2.22. The van der Waals surface area contributed by atoms with E-state index >= 15 is 0 Å². The van der Waals surface area contributed by atoms with Gasteiger partial charge in [-0.05, 0) is 48.9 Å². The number of nitrogens with zero attached hydrogens (tertiary/aromatic N) is 7. The second-order valence-corrected chi connectivity index (χ2v) is 6.60. The van der Waals surface area contributed by atoms with E-state index in [1.807, 2.05) is 22.8 Å². The van der Waals surface area contributed by atoms with Gasteiger partial charge in [0.15, 0.2) is 10.9 Å². The Morgan fingerprint density at radius 2 is 2.00 bits per heavy atom. The third-order valence-electron chi connectivity index (χ3n) is 3.93. The van der Waals surface area contributed by atoms with Crippen LogP contribution in [0.5, 0.6) is 0 Å². The third-order valence-corrected chi connectivity index (χ3v) is 4.84. The largest absolute Gasteiger partial charge is 0.467 e. The first-order valence-electron chi connectivity index (χ1n) is 7.96. The maximum Gasteiger partial charge on any atom is 0.228 e. The molecule has 4 heterocycles. The minimum atomic E-state index is 0.291. The van der Waals surface area contributed by atoms with Crippen molar-refractivity contribution in [3.63, 3.8) is 0 Å². The van der Waals surface area contributed by atoms with Gasteiger partial charge in [-0.2, -0.15) is 5.26 Å². The number of hydrogen-bond acceptors (Lipinski definition) is 8. The fourth-order valence-corrected chi connectivity index (χ4v) is 3.47. The van der Waals surface area contributed by atoms with E-state index in [-0.39, 0.29) is 0 Å². The molecule has 3 aromatic rings. The third kappa shape index (κ3) is 3.34. The zero-order valence-corrected chi connectivity index (χ0v) is 14.2. The summed E-state index contributed by atoms with van der Waals surface area (Å²) in [7, 11) is 0. The van der Waals surface area contributed by atoms with Crippen LogP contribution in [0, 0.1) is 11.3 Å². The summed E-state index contributed by atoms with van der Waals surface area (Å²) < 4.78 is 7.53. The van der Waals surface area contributed by atoms with E-state index in [0.29, 0.717) is 17.3 Å². The van der Waals surface area contributed by atoms with E-state index in [4.69, 9.17) is 9.68 Å². The summed E-state index contributed by atoms with van der Waals surface area (Å²) in [6, 6.07) is 9.17. The molecule has 0 unspecified atom stereocenters. The molecular weight excluding hydrogens is 338 g/mol. The molecule has 3 aromatic heterocycles. The summed E-state index contributed by atoms with van der Waals surface area (Å²) in [5.41, 5.74) is 0.291. The number of furan rings is 1. The zero-order chi connectivity index (χ0) is 17.1. The van der Waals surface area contributed by atoms with Gasteiger partial charge in [-0.15, -0.1) is 20.4 Å². The van der Waals surface area contributed by atoms with Crippen LogP contribution in [0.4, 0.5) is 5.95 Å². The standard InChI is InChI=1S/C16H15N7OS/c17-10-12-5-6-14(19-18-12)25-16-21-20-15(22-7-1-2-8-22)23(16)11-13-4-3-9-24-13/h3-6,9H,1-2,7-8,11H2. The Kier molecular flexibility index (Phi) is 4.35. The van der Waals surface area contributed by atoms with Crippen molar-refractivity contribution in [3.05, 3.63) is 42.0 Å². The normalized spacial score (nSPS) is 14.0. The predicted octanol–water partition coefficient (Wildman–Crippen LogP) is 2.33. The molecule has 0 saturated carbocycles. The molecule has 0 radical (unpaired) electrons. The van der Waals surface area contributed by atoms with Gasteiger partial charge in [0.05, 0.1) is 12.8 Å². The van der Waals surface area contributed by atoms with Crippen LogP contribution < -0.4 is 4.90 Å². The lowest BCUT2D eigenvalue weighted by molar-refractivity contribution is 0.483. The quantitative estimate of drug-likeness (QED) is 0.689. The minimum Gasteiger partial charge on any atom is -0.467 e. The van der Waals surface area contributed by atoms with Gasteiger partial charge >= 0.3 is 0 Å². The summed E-state index contributed by atoms with van der Waals surface area (Å²) in [5, 5.41) is 26.9. The average molecular weight is 353 g/mol. The Morgan fingerprint density at radius 1 is 1.12 bits per heavy atom.